The second kappa shape index (κ2) is 6.23. The molecule has 1 amide bonds. The number of hydrogen-bond acceptors (Lipinski definition) is 3. The highest BCUT2D eigenvalue weighted by Crippen LogP contribution is 2.63. The second-order valence-corrected chi connectivity index (χ2v) is 8.74. The van der Waals surface area contributed by atoms with E-state index in [0.29, 0.717) is 17.0 Å². The lowest BCUT2D eigenvalue weighted by molar-refractivity contribution is -0.121. The number of carbonyl (C=O) groups excluding carboxylic acids is 2. The summed E-state index contributed by atoms with van der Waals surface area (Å²) in [5.41, 5.74) is -0.752. The third-order valence-electron chi connectivity index (χ3n) is 4.86. The van der Waals surface area contributed by atoms with Gasteiger partial charge in [0.1, 0.15) is 11.4 Å². The standard InChI is InChI=1S/C18H20BrClFNO3/c1-17(2,3)25-16(24)22-9-18(7-12(18)15(22)14(23)8-19)11-6-10(20)4-5-13(11)21/h4-6,12,15H,7-9H2,1-3H3/t12-,15?,18+/m0/s1. The maximum absolute atomic E-state index is 14.4. The molecule has 0 spiro atoms. The van der Waals surface area contributed by atoms with E-state index in [1.54, 1.807) is 26.8 Å². The average molecular weight is 433 g/mol. The Labute approximate surface area is 159 Å². The van der Waals surface area contributed by atoms with Gasteiger partial charge in [-0.2, -0.15) is 0 Å². The first kappa shape index (κ1) is 18.6. The Morgan fingerprint density at radius 2 is 2.12 bits per heavy atom. The number of carbonyl (C=O) groups is 2. The van der Waals surface area contributed by atoms with Gasteiger partial charge in [-0.05, 0) is 56.9 Å². The lowest BCUT2D eigenvalue weighted by Gasteiger charge is -2.30. The molecule has 7 heteroatoms. The minimum Gasteiger partial charge on any atom is -0.444 e. The van der Waals surface area contributed by atoms with E-state index in [0.717, 1.165) is 0 Å². The van der Waals surface area contributed by atoms with Crippen LogP contribution in [0, 0.1) is 11.7 Å². The van der Waals surface area contributed by atoms with Crippen molar-refractivity contribution in [2.24, 2.45) is 5.92 Å². The Morgan fingerprint density at radius 1 is 1.44 bits per heavy atom. The number of benzene rings is 1. The van der Waals surface area contributed by atoms with Crippen molar-refractivity contribution in [3.63, 3.8) is 0 Å². The summed E-state index contributed by atoms with van der Waals surface area (Å²) in [5, 5.41) is 0.581. The summed E-state index contributed by atoms with van der Waals surface area (Å²) in [6.07, 6.45) is 0.119. The average Bonchev–Trinajstić information content (AvgIpc) is 3.13. The molecular weight excluding hydrogens is 413 g/mol. The molecule has 1 heterocycles. The van der Waals surface area contributed by atoms with E-state index < -0.39 is 23.2 Å². The number of ketones is 1. The van der Waals surface area contributed by atoms with Gasteiger partial charge in [-0.15, -0.1) is 0 Å². The van der Waals surface area contributed by atoms with Crippen LogP contribution in [0.5, 0.6) is 0 Å². The summed E-state index contributed by atoms with van der Waals surface area (Å²) >= 11 is 9.23. The van der Waals surface area contributed by atoms with Crippen LogP contribution in [-0.2, 0) is 14.9 Å². The van der Waals surface area contributed by atoms with Crippen molar-refractivity contribution in [3.8, 4) is 0 Å². The van der Waals surface area contributed by atoms with E-state index in [4.69, 9.17) is 16.3 Å². The highest BCUT2D eigenvalue weighted by molar-refractivity contribution is 9.09. The fraction of sp³-hybridized carbons (Fsp3) is 0.556. The molecule has 1 unspecified atom stereocenters. The van der Waals surface area contributed by atoms with E-state index in [-0.39, 0.29) is 29.4 Å². The summed E-state index contributed by atoms with van der Waals surface area (Å²) in [4.78, 5) is 26.5. The molecule has 2 fully saturated rings. The molecule has 1 aromatic carbocycles. The monoisotopic (exact) mass is 431 g/mol. The molecule has 0 aromatic heterocycles. The number of Topliss-reactive ketones (excluding diaryl/α,β-unsaturated/α-hetero) is 1. The molecular formula is C18H20BrClFNO3. The number of likely N-dealkylation sites (tertiary alicyclic amines) is 1. The van der Waals surface area contributed by atoms with E-state index in [1.807, 2.05) is 0 Å². The number of rotatable bonds is 3. The van der Waals surface area contributed by atoms with Gasteiger partial charge in [0.25, 0.3) is 0 Å². The van der Waals surface area contributed by atoms with Gasteiger partial charge in [-0.25, -0.2) is 9.18 Å². The predicted molar refractivity (Wildman–Crippen MR) is 96.7 cm³/mol. The van der Waals surface area contributed by atoms with Gasteiger partial charge in [0.15, 0.2) is 5.78 Å². The first-order valence-corrected chi connectivity index (χ1v) is 9.63. The fourth-order valence-electron chi connectivity index (χ4n) is 3.80. The summed E-state index contributed by atoms with van der Waals surface area (Å²) in [6, 6.07) is 3.83. The largest absolute Gasteiger partial charge is 0.444 e. The Kier molecular flexibility index (Phi) is 4.65. The van der Waals surface area contributed by atoms with Crippen LogP contribution < -0.4 is 0 Å². The van der Waals surface area contributed by atoms with Crippen LogP contribution in [0.3, 0.4) is 0 Å². The molecule has 0 N–H and O–H groups in total. The first-order chi connectivity index (χ1) is 11.6. The first-order valence-electron chi connectivity index (χ1n) is 8.13. The molecule has 136 valence electrons. The van der Waals surface area contributed by atoms with Gasteiger partial charge in [-0.1, -0.05) is 27.5 Å². The third-order valence-corrected chi connectivity index (χ3v) is 5.65. The number of fused-ring (bicyclic) bond motifs is 1. The number of halogens is 3. The Bertz CT molecular complexity index is 736. The number of piperidine rings is 1. The highest BCUT2D eigenvalue weighted by Gasteiger charge is 2.69. The van der Waals surface area contributed by atoms with Crippen molar-refractivity contribution >= 4 is 39.4 Å². The molecule has 1 saturated heterocycles. The van der Waals surface area contributed by atoms with Crippen LogP contribution in [-0.4, -0.2) is 40.3 Å². The molecule has 1 aliphatic heterocycles. The number of ether oxygens (including phenoxy) is 1. The van der Waals surface area contributed by atoms with E-state index >= 15 is 0 Å². The quantitative estimate of drug-likeness (QED) is 0.668. The summed E-state index contributed by atoms with van der Waals surface area (Å²) < 4.78 is 19.9. The van der Waals surface area contributed by atoms with Gasteiger partial charge in [0.2, 0.25) is 0 Å². The minimum absolute atomic E-state index is 0.0994. The van der Waals surface area contributed by atoms with Gasteiger partial charge in [0, 0.05) is 17.0 Å². The zero-order valence-corrected chi connectivity index (χ0v) is 16.7. The molecule has 3 rings (SSSR count). The fourth-order valence-corrected chi connectivity index (χ4v) is 4.30. The normalized spacial score (nSPS) is 27.8. The van der Waals surface area contributed by atoms with Crippen molar-refractivity contribution in [2.45, 2.75) is 44.2 Å². The van der Waals surface area contributed by atoms with Crippen LogP contribution in [0.25, 0.3) is 0 Å². The third kappa shape index (κ3) is 3.31. The number of hydrogen-bond donors (Lipinski definition) is 0. The molecule has 1 saturated carbocycles. The second-order valence-electron chi connectivity index (χ2n) is 7.74. The number of amides is 1. The Morgan fingerprint density at radius 3 is 2.72 bits per heavy atom. The molecule has 0 radical (unpaired) electrons. The summed E-state index contributed by atoms with van der Waals surface area (Å²) in [5.74, 6) is -0.571. The molecule has 3 atom stereocenters. The maximum Gasteiger partial charge on any atom is 0.410 e. The number of nitrogens with zero attached hydrogens (tertiary/aromatic N) is 1. The lowest BCUT2D eigenvalue weighted by atomic mass is 9.93. The van der Waals surface area contributed by atoms with Gasteiger partial charge in [0.05, 0.1) is 11.4 Å². The van der Waals surface area contributed by atoms with Gasteiger partial charge < -0.3 is 4.74 Å². The molecule has 4 nitrogen and oxygen atoms in total. The SMILES string of the molecule is CC(C)(C)OC(=O)N1C[C@@]2(c3cc(Cl)ccc3F)C[C@H]2C1C(=O)CBr. The highest BCUT2D eigenvalue weighted by atomic mass is 79.9. The summed E-state index contributed by atoms with van der Waals surface area (Å²) in [6.45, 7) is 5.58. The topological polar surface area (TPSA) is 46.6 Å². The zero-order chi connectivity index (χ0) is 18.6. The Hall–Kier alpha value is -1.14. The molecule has 2 aliphatic rings. The van der Waals surface area contributed by atoms with E-state index in [1.165, 1.54) is 17.0 Å². The zero-order valence-electron chi connectivity index (χ0n) is 14.3. The van der Waals surface area contributed by atoms with Gasteiger partial charge >= 0.3 is 6.09 Å². The van der Waals surface area contributed by atoms with Crippen molar-refractivity contribution in [3.05, 3.63) is 34.6 Å². The van der Waals surface area contributed by atoms with Crippen LogP contribution in [0.4, 0.5) is 9.18 Å². The van der Waals surface area contributed by atoms with Crippen molar-refractivity contribution < 1.29 is 18.7 Å². The van der Waals surface area contributed by atoms with Crippen molar-refractivity contribution in [1.82, 2.24) is 4.90 Å². The smallest absolute Gasteiger partial charge is 0.410 e. The van der Waals surface area contributed by atoms with Gasteiger partial charge in [-0.3, -0.25) is 9.69 Å². The Balaban J connectivity index is 1.95. The molecule has 0 bridgehead atoms. The lowest BCUT2D eigenvalue weighted by Crippen LogP contribution is -2.46. The van der Waals surface area contributed by atoms with Crippen molar-refractivity contribution in [1.29, 1.82) is 0 Å². The van der Waals surface area contributed by atoms with E-state index in [9.17, 15) is 14.0 Å². The van der Waals surface area contributed by atoms with Crippen LogP contribution in [0.2, 0.25) is 5.02 Å². The minimum atomic E-state index is -0.666. The van der Waals surface area contributed by atoms with Crippen LogP contribution in [0.1, 0.15) is 32.8 Å². The van der Waals surface area contributed by atoms with Crippen molar-refractivity contribution in [2.75, 3.05) is 11.9 Å². The van der Waals surface area contributed by atoms with Crippen LogP contribution in [0.15, 0.2) is 18.2 Å². The molecule has 25 heavy (non-hydrogen) atoms. The van der Waals surface area contributed by atoms with E-state index in [2.05, 4.69) is 15.9 Å². The summed E-state index contributed by atoms with van der Waals surface area (Å²) in [7, 11) is 0. The van der Waals surface area contributed by atoms with Crippen LogP contribution >= 0.6 is 27.5 Å². The molecule has 1 aliphatic carbocycles. The predicted octanol–water partition coefficient (Wildman–Crippen LogP) is 4.32. The molecule has 1 aromatic rings. The maximum atomic E-state index is 14.4. The number of alkyl halides is 1.